The van der Waals surface area contributed by atoms with Crippen LogP contribution in [0.25, 0.3) is 0 Å². The number of amides is 1. The highest BCUT2D eigenvalue weighted by molar-refractivity contribution is 5.88. The zero-order valence-electron chi connectivity index (χ0n) is 9.70. The van der Waals surface area contributed by atoms with Gasteiger partial charge in [0, 0.05) is 25.3 Å². The zero-order chi connectivity index (χ0) is 11.3. The lowest BCUT2D eigenvalue weighted by Gasteiger charge is -2.23. The molecule has 1 N–H and O–H groups in total. The van der Waals surface area contributed by atoms with E-state index in [4.69, 9.17) is 5.11 Å². The number of aliphatic hydroxyl groups excluding tert-OH is 1. The standard InChI is InChI=1S/C12H21NO2/c1-10(2)9-12(15)13-7-3-5-11(13)6-4-8-14/h9,11,14H,3-8H2,1-2H3. The normalized spacial score (nSPS) is 20.5. The second-order valence-corrected chi connectivity index (χ2v) is 4.42. The lowest BCUT2D eigenvalue weighted by molar-refractivity contribution is -0.127. The molecule has 0 aromatic heterocycles. The van der Waals surface area contributed by atoms with Crippen LogP contribution in [0.1, 0.15) is 39.5 Å². The van der Waals surface area contributed by atoms with Crippen molar-refractivity contribution in [2.75, 3.05) is 13.2 Å². The molecule has 1 aliphatic heterocycles. The van der Waals surface area contributed by atoms with Crippen LogP contribution in [0.2, 0.25) is 0 Å². The summed E-state index contributed by atoms with van der Waals surface area (Å²) in [5.74, 6) is 0.135. The van der Waals surface area contributed by atoms with E-state index in [0.29, 0.717) is 6.04 Å². The van der Waals surface area contributed by atoms with Gasteiger partial charge in [-0.05, 0) is 39.5 Å². The molecule has 3 heteroatoms. The van der Waals surface area contributed by atoms with Gasteiger partial charge >= 0.3 is 0 Å². The number of hydrogen-bond donors (Lipinski definition) is 1. The van der Waals surface area contributed by atoms with Crippen molar-refractivity contribution in [2.45, 2.75) is 45.6 Å². The maximum Gasteiger partial charge on any atom is 0.246 e. The number of nitrogens with zero attached hydrogens (tertiary/aromatic N) is 1. The summed E-state index contributed by atoms with van der Waals surface area (Å²) >= 11 is 0. The molecule has 1 heterocycles. The van der Waals surface area contributed by atoms with E-state index >= 15 is 0 Å². The number of allylic oxidation sites excluding steroid dienone is 1. The van der Waals surface area contributed by atoms with Gasteiger partial charge in [-0.2, -0.15) is 0 Å². The Balaban J connectivity index is 2.52. The number of carbonyl (C=O) groups is 1. The third kappa shape index (κ3) is 3.67. The van der Waals surface area contributed by atoms with Gasteiger partial charge in [0.15, 0.2) is 0 Å². The lowest BCUT2D eigenvalue weighted by Crippen LogP contribution is -2.34. The van der Waals surface area contributed by atoms with Crippen LogP contribution >= 0.6 is 0 Å². The van der Waals surface area contributed by atoms with Crippen molar-refractivity contribution in [2.24, 2.45) is 0 Å². The molecule has 0 aromatic rings. The van der Waals surface area contributed by atoms with Gasteiger partial charge in [0.05, 0.1) is 0 Å². The summed E-state index contributed by atoms with van der Waals surface area (Å²) in [6.45, 7) is 4.98. The minimum absolute atomic E-state index is 0.135. The van der Waals surface area contributed by atoms with Crippen LogP contribution in [0.15, 0.2) is 11.6 Å². The van der Waals surface area contributed by atoms with Crippen molar-refractivity contribution in [3.8, 4) is 0 Å². The molecule has 0 bridgehead atoms. The van der Waals surface area contributed by atoms with Crippen molar-refractivity contribution >= 4 is 5.91 Å². The number of hydrogen-bond acceptors (Lipinski definition) is 2. The van der Waals surface area contributed by atoms with Crippen LogP contribution in [-0.2, 0) is 4.79 Å². The maximum absolute atomic E-state index is 11.8. The summed E-state index contributed by atoms with van der Waals surface area (Å²) < 4.78 is 0. The smallest absolute Gasteiger partial charge is 0.246 e. The Labute approximate surface area is 91.8 Å². The maximum atomic E-state index is 11.8. The van der Waals surface area contributed by atoms with Crippen LogP contribution in [0.3, 0.4) is 0 Å². The van der Waals surface area contributed by atoms with Gasteiger partial charge in [0.25, 0.3) is 0 Å². The first-order chi connectivity index (χ1) is 7.15. The fourth-order valence-electron chi connectivity index (χ4n) is 2.08. The SMILES string of the molecule is CC(C)=CC(=O)N1CCCC1CCCO. The Bertz CT molecular complexity index is 244. The van der Waals surface area contributed by atoms with Crippen molar-refractivity contribution in [3.63, 3.8) is 0 Å². The van der Waals surface area contributed by atoms with Crippen LogP contribution < -0.4 is 0 Å². The average Bonchev–Trinajstić information content (AvgIpc) is 2.61. The Morgan fingerprint density at radius 1 is 1.53 bits per heavy atom. The highest BCUT2D eigenvalue weighted by Gasteiger charge is 2.26. The molecule has 1 saturated heterocycles. The van der Waals surface area contributed by atoms with Crippen molar-refractivity contribution < 1.29 is 9.90 Å². The molecule has 0 spiro atoms. The molecular formula is C12H21NO2. The first kappa shape index (κ1) is 12.2. The van der Waals surface area contributed by atoms with Crippen LogP contribution in [0, 0.1) is 0 Å². The number of carbonyl (C=O) groups excluding carboxylic acids is 1. The first-order valence-electron chi connectivity index (χ1n) is 5.71. The molecule has 1 fully saturated rings. The molecule has 0 aromatic carbocycles. The first-order valence-corrected chi connectivity index (χ1v) is 5.71. The van der Waals surface area contributed by atoms with Crippen LogP contribution in [0.5, 0.6) is 0 Å². The number of likely N-dealkylation sites (tertiary alicyclic amines) is 1. The highest BCUT2D eigenvalue weighted by atomic mass is 16.3. The second-order valence-electron chi connectivity index (χ2n) is 4.42. The molecule has 0 saturated carbocycles. The summed E-state index contributed by atoms with van der Waals surface area (Å²) in [5.41, 5.74) is 1.05. The largest absolute Gasteiger partial charge is 0.396 e. The van der Waals surface area contributed by atoms with E-state index < -0.39 is 0 Å². The number of aliphatic hydroxyl groups is 1. The molecule has 1 unspecified atom stereocenters. The van der Waals surface area contributed by atoms with Gasteiger partial charge in [-0.1, -0.05) is 5.57 Å². The Kier molecular flexibility index (Phi) is 4.82. The molecule has 1 amide bonds. The molecule has 0 radical (unpaired) electrons. The Morgan fingerprint density at radius 2 is 2.27 bits per heavy atom. The van der Waals surface area contributed by atoms with Gasteiger partial charge in [-0.15, -0.1) is 0 Å². The predicted molar refractivity (Wildman–Crippen MR) is 60.5 cm³/mol. The summed E-state index contributed by atoms with van der Waals surface area (Å²) in [5, 5.41) is 8.78. The minimum atomic E-state index is 0.135. The van der Waals surface area contributed by atoms with Gasteiger partial charge in [0.2, 0.25) is 5.91 Å². The molecule has 1 aliphatic rings. The van der Waals surface area contributed by atoms with Gasteiger partial charge in [-0.3, -0.25) is 4.79 Å². The molecule has 1 rings (SSSR count). The Hall–Kier alpha value is -0.830. The third-order valence-electron chi connectivity index (χ3n) is 2.77. The quantitative estimate of drug-likeness (QED) is 0.719. The average molecular weight is 211 g/mol. The number of rotatable bonds is 4. The molecule has 3 nitrogen and oxygen atoms in total. The van der Waals surface area contributed by atoms with E-state index in [2.05, 4.69) is 0 Å². The van der Waals surface area contributed by atoms with E-state index in [9.17, 15) is 4.79 Å². The van der Waals surface area contributed by atoms with Gasteiger partial charge in [-0.25, -0.2) is 0 Å². The van der Waals surface area contributed by atoms with E-state index in [1.807, 2.05) is 18.7 Å². The zero-order valence-corrected chi connectivity index (χ0v) is 9.70. The molecule has 86 valence electrons. The predicted octanol–water partition coefficient (Wildman–Crippen LogP) is 1.72. The highest BCUT2D eigenvalue weighted by Crippen LogP contribution is 2.21. The van der Waals surface area contributed by atoms with Crippen molar-refractivity contribution in [3.05, 3.63) is 11.6 Å². The van der Waals surface area contributed by atoms with E-state index in [-0.39, 0.29) is 12.5 Å². The van der Waals surface area contributed by atoms with Crippen LogP contribution in [-0.4, -0.2) is 35.1 Å². The second kappa shape index (κ2) is 5.91. The monoisotopic (exact) mass is 211 g/mol. The summed E-state index contributed by atoms with van der Waals surface area (Å²) in [6.07, 6.45) is 5.61. The summed E-state index contributed by atoms with van der Waals surface area (Å²) in [6, 6.07) is 0.347. The van der Waals surface area contributed by atoms with E-state index in [0.717, 1.165) is 37.8 Å². The van der Waals surface area contributed by atoms with Crippen LogP contribution in [0.4, 0.5) is 0 Å². The minimum Gasteiger partial charge on any atom is -0.396 e. The third-order valence-corrected chi connectivity index (χ3v) is 2.77. The summed E-state index contributed by atoms with van der Waals surface area (Å²) in [7, 11) is 0. The van der Waals surface area contributed by atoms with E-state index in [1.54, 1.807) is 6.08 Å². The lowest BCUT2D eigenvalue weighted by atomic mass is 10.1. The molecule has 15 heavy (non-hydrogen) atoms. The fraction of sp³-hybridized carbons (Fsp3) is 0.750. The van der Waals surface area contributed by atoms with Gasteiger partial charge < -0.3 is 10.0 Å². The molecular weight excluding hydrogens is 190 g/mol. The van der Waals surface area contributed by atoms with Gasteiger partial charge in [0.1, 0.15) is 0 Å². The summed E-state index contributed by atoms with van der Waals surface area (Å²) in [4.78, 5) is 13.8. The van der Waals surface area contributed by atoms with E-state index in [1.165, 1.54) is 0 Å². The molecule has 0 aliphatic carbocycles. The fourth-order valence-corrected chi connectivity index (χ4v) is 2.08. The topological polar surface area (TPSA) is 40.5 Å². The Morgan fingerprint density at radius 3 is 2.87 bits per heavy atom. The van der Waals surface area contributed by atoms with Crippen molar-refractivity contribution in [1.82, 2.24) is 4.90 Å². The van der Waals surface area contributed by atoms with Crippen molar-refractivity contribution in [1.29, 1.82) is 0 Å². The molecule has 1 atom stereocenters.